The van der Waals surface area contributed by atoms with Gasteiger partial charge >= 0.3 is 5.97 Å². The van der Waals surface area contributed by atoms with Gasteiger partial charge in [-0.15, -0.1) is 0 Å². The molecule has 1 saturated carbocycles. The lowest BCUT2D eigenvalue weighted by Crippen LogP contribution is -2.55. The molecule has 2 saturated heterocycles. The van der Waals surface area contributed by atoms with Crippen LogP contribution in [0.5, 0.6) is 0 Å². The van der Waals surface area contributed by atoms with Crippen LogP contribution in [0.1, 0.15) is 46.7 Å². The van der Waals surface area contributed by atoms with Crippen molar-refractivity contribution in [1.82, 2.24) is 4.90 Å². The minimum atomic E-state index is -1.09. The number of rotatable bonds is 5. The van der Waals surface area contributed by atoms with Crippen molar-refractivity contribution in [2.24, 2.45) is 11.8 Å². The Labute approximate surface area is 241 Å². The number of hydrogen-bond donors (Lipinski definition) is 2. The molecule has 7 nitrogen and oxygen atoms in total. The summed E-state index contributed by atoms with van der Waals surface area (Å²) in [6.07, 6.45) is 3.35. The summed E-state index contributed by atoms with van der Waals surface area (Å²) in [6.45, 7) is 1.10. The molecule has 2 amide bonds. The molecule has 1 spiro atoms. The normalized spacial score (nSPS) is 27.6. The van der Waals surface area contributed by atoms with E-state index >= 15 is 0 Å². The number of carboxylic acid groups (broad SMARTS) is 1. The standard InChI is InChI=1S/C31H27Cl2N3O4/c32-20-6-2-5-19(13-20)27-26-25(16-35(28(26)37)22-10-7-18(8-11-22)29(38)39)36(15-17-3-1-4-17)31(27)23-12-9-21(33)14-24(23)34-30(31)40/h2,5-14,17,25-27H,1,3-4,15-16H2,(H,34,40)(H,38,39)/t25-,26+,27-,31+/m1/s1. The highest BCUT2D eigenvalue weighted by Gasteiger charge is 2.70. The molecule has 4 atom stereocenters. The van der Waals surface area contributed by atoms with Crippen molar-refractivity contribution in [3.63, 3.8) is 0 Å². The van der Waals surface area contributed by atoms with E-state index in [1.54, 1.807) is 29.2 Å². The molecule has 3 aliphatic heterocycles. The van der Waals surface area contributed by atoms with E-state index in [4.69, 9.17) is 23.2 Å². The van der Waals surface area contributed by atoms with Gasteiger partial charge in [0.05, 0.1) is 11.5 Å². The van der Waals surface area contributed by atoms with Crippen LogP contribution in [-0.2, 0) is 15.1 Å². The van der Waals surface area contributed by atoms with Crippen molar-refractivity contribution < 1.29 is 19.5 Å². The monoisotopic (exact) mass is 575 g/mol. The van der Waals surface area contributed by atoms with Gasteiger partial charge in [0, 0.05) is 52.0 Å². The number of nitrogens with one attached hydrogen (secondary N) is 1. The van der Waals surface area contributed by atoms with Gasteiger partial charge in [-0.1, -0.05) is 47.8 Å². The first-order valence-corrected chi connectivity index (χ1v) is 14.3. The zero-order valence-corrected chi connectivity index (χ0v) is 23.0. The lowest BCUT2D eigenvalue weighted by Gasteiger charge is -2.43. The Hall–Kier alpha value is -3.39. The van der Waals surface area contributed by atoms with E-state index in [2.05, 4.69) is 10.2 Å². The quantitative estimate of drug-likeness (QED) is 0.403. The van der Waals surface area contributed by atoms with E-state index in [0.717, 1.165) is 30.4 Å². The topological polar surface area (TPSA) is 90.0 Å². The first kappa shape index (κ1) is 25.6. The summed E-state index contributed by atoms with van der Waals surface area (Å²) >= 11 is 12.8. The third kappa shape index (κ3) is 3.64. The number of amides is 2. The maximum Gasteiger partial charge on any atom is 0.335 e. The molecule has 0 unspecified atom stereocenters. The van der Waals surface area contributed by atoms with E-state index in [1.165, 1.54) is 12.1 Å². The number of benzene rings is 3. The summed E-state index contributed by atoms with van der Waals surface area (Å²) in [4.78, 5) is 44.2. The van der Waals surface area contributed by atoms with Gasteiger partial charge in [-0.2, -0.15) is 0 Å². The number of hydrogen-bond acceptors (Lipinski definition) is 4. The molecule has 9 heteroatoms. The van der Waals surface area contributed by atoms with Crippen molar-refractivity contribution in [1.29, 1.82) is 0 Å². The number of carbonyl (C=O) groups excluding carboxylic acids is 2. The van der Waals surface area contributed by atoms with Crippen LogP contribution in [0.25, 0.3) is 0 Å². The molecular weight excluding hydrogens is 549 g/mol. The molecule has 0 aromatic heterocycles. The first-order chi connectivity index (χ1) is 19.3. The third-order valence-electron chi connectivity index (χ3n) is 9.30. The van der Waals surface area contributed by atoms with Crippen LogP contribution in [0, 0.1) is 11.8 Å². The molecule has 0 bridgehead atoms. The molecule has 7 rings (SSSR count). The van der Waals surface area contributed by atoms with E-state index in [9.17, 15) is 19.5 Å². The van der Waals surface area contributed by atoms with Crippen LogP contribution in [0.15, 0.2) is 66.7 Å². The molecule has 3 heterocycles. The Morgan fingerprint density at radius 3 is 2.42 bits per heavy atom. The van der Waals surface area contributed by atoms with Gasteiger partial charge in [0.25, 0.3) is 0 Å². The van der Waals surface area contributed by atoms with E-state index in [1.807, 2.05) is 30.3 Å². The number of carbonyl (C=O) groups is 3. The molecule has 3 aromatic carbocycles. The van der Waals surface area contributed by atoms with Gasteiger partial charge in [-0.3, -0.25) is 14.5 Å². The lowest BCUT2D eigenvalue weighted by molar-refractivity contribution is -0.128. The Morgan fingerprint density at radius 1 is 1.00 bits per heavy atom. The number of carboxylic acids is 1. The highest BCUT2D eigenvalue weighted by atomic mass is 35.5. The van der Waals surface area contributed by atoms with E-state index in [-0.39, 0.29) is 23.4 Å². The first-order valence-electron chi connectivity index (χ1n) is 13.6. The number of anilines is 2. The van der Waals surface area contributed by atoms with Crippen molar-refractivity contribution in [3.05, 3.63) is 93.5 Å². The highest BCUT2D eigenvalue weighted by Crippen LogP contribution is 2.62. The number of likely N-dealkylation sites (tertiary alicyclic amines) is 1. The zero-order valence-electron chi connectivity index (χ0n) is 21.5. The minimum Gasteiger partial charge on any atom is -0.478 e. The molecular formula is C31H27Cl2N3O4. The number of halogens is 2. The van der Waals surface area contributed by atoms with Gasteiger partial charge in [0.1, 0.15) is 5.54 Å². The smallest absolute Gasteiger partial charge is 0.335 e. The Morgan fingerprint density at radius 2 is 1.75 bits per heavy atom. The SMILES string of the molecule is O=C(O)c1ccc(N2C[C@@H]3[C@H](C2=O)[C@@H](c2cccc(Cl)c2)[C@@]2(C(=O)Nc4cc(Cl)ccc42)N3CC2CCC2)cc1. The molecule has 40 heavy (non-hydrogen) atoms. The van der Waals surface area contributed by atoms with Gasteiger partial charge < -0.3 is 15.3 Å². The number of aromatic carboxylic acids is 1. The van der Waals surface area contributed by atoms with Crippen molar-refractivity contribution in [2.75, 3.05) is 23.3 Å². The predicted octanol–water partition coefficient (Wildman–Crippen LogP) is 5.77. The summed E-state index contributed by atoms with van der Waals surface area (Å²) in [5.41, 5.74) is 2.07. The minimum absolute atomic E-state index is 0.0799. The van der Waals surface area contributed by atoms with Crippen LogP contribution < -0.4 is 10.2 Å². The predicted molar refractivity (Wildman–Crippen MR) is 153 cm³/mol. The fourth-order valence-corrected chi connectivity index (χ4v) is 7.75. The second-order valence-corrected chi connectivity index (χ2v) is 12.2. The van der Waals surface area contributed by atoms with Crippen molar-refractivity contribution in [2.45, 2.75) is 36.8 Å². The summed E-state index contributed by atoms with van der Waals surface area (Å²) in [5, 5.41) is 13.5. The summed E-state index contributed by atoms with van der Waals surface area (Å²) in [5.74, 6) is -1.80. The molecule has 4 aliphatic rings. The average Bonchev–Trinajstić information content (AvgIpc) is 3.48. The number of nitrogens with zero attached hydrogens (tertiary/aromatic N) is 2. The molecule has 204 valence electrons. The van der Waals surface area contributed by atoms with Gasteiger partial charge in [0.15, 0.2) is 0 Å². The molecule has 2 N–H and O–H groups in total. The fourth-order valence-electron chi connectivity index (χ4n) is 7.38. The van der Waals surface area contributed by atoms with E-state index < -0.39 is 23.3 Å². The second kappa shape index (κ2) is 9.33. The highest BCUT2D eigenvalue weighted by molar-refractivity contribution is 6.31. The molecule has 0 radical (unpaired) electrons. The average molecular weight is 576 g/mol. The maximum atomic E-state index is 14.4. The Bertz CT molecular complexity index is 1560. The van der Waals surface area contributed by atoms with Gasteiger partial charge in [-0.25, -0.2) is 4.79 Å². The van der Waals surface area contributed by atoms with E-state index in [0.29, 0.717) is 40.4 Å². The van der Waals surface area contributed by atoms with Gasteiger partial charge in [-0.05, 0) is 72.9 Å². The lowest BCUT2D eigenvalue weighted by atomic mass is 9.71. The van der Waals surface area contributed by atoms with Crippen LogP contribution in [0.4, 0.5) is 11.4 Å². The van der Waals surface area contributed by atoms with Crippen LogP contribution in [0.2, 0.25) is 10.0 Å². The molecule has 3 fully saturated rings. The third-order valence-corrected chi connectivity index (χ3v) is 9.77. The molecule has 3 aromatic rings. The fraction of sp³-hybridized carbons (Fsp3) is 0.323. The maximum absolute atomic E-state index is 14.4. The van der Waals surface area contributed by atoms with Crippen molar-refractivity contribution in [3.8, 4) is 0 Å². The van der Waals surface area contributed by atoms with Crippen molar-refractivity contribution >= 4 is 52.4 Å². The van der Waals surface area contributed by atoms with Crippen LogP contribution in [0.3, 0.4) is 0 Å². The molecule has 1 aliphatic carbocycles. The summed E-state index contributed by atoms with van der Waals surface area (Å²) < 4.78 is 0. The Balaban J connectivity index is 1.41. The summed E-state index contributed by atoms with van der Waals surface area (Å²) in [6, 6.07) is 19.2. The van der Waals surface area contributed by atoms with Crippen LogP contribution >= 0.6 is 23.2 Å². The zero-order chi connectivity index (χ0) is 27.8. The van der Waals surface area contributed by atoms with Gasteiger partial charge in [0.2, 0.25) is 11.8 Å². The van der Waals surface area contributed by atoms with Crippen LogP contribution in [-0.4, -0.2) is 46.9 Å². The number of fused-ring (bicyclic) bond motifs is 3. The Kier molecular flexibility index (Phi) is 5.97. The largest absolute Gasteiger partial charge is 0.478 e. The second-order valence-electron chi connectivity index (χ2n) is 11.3. The summed E-state index contributed by atoms with van der Waals surface area (Å²) in [7, 11) is 0.